The molecule has 0 spiro atoms. The number of likely N-dealkylation sites (N-methyl/N-ethyl adjacent to an activating group) is 1. The zero-order valence-electron chi connectivity index (χ0n) is 49.7. The minimum Gasteiger partial charge on any atom is -0.756 e. The zero-order valence-corrected chi connectivity index (χ0v) is 50.6. The lowest BCUT2D eigenvalue weighted by Gasteiger charge is -2.28. The standard InChI is InChI=1S/C66H116NO8P/c1-6-8-10-12-14-16-18-20-21-22-23-24-25-26-27-28-29-30-31-32-33-34-35-36-37-38-39-40-41-42-43-44-45-47-49-51-53-55-57-59-66(69)75-64(63-74-76(70,71)73-61-60-67(3,4)5)62-72-65(68)58-56-54-52-50-48-46-19-17-15-13-11-9-7-2/h8-11,14-17,20-21,23-24,26-27,46,48,64H,6-7,12-13,18-19,22,25,28-45,47,49-63H2,1-5H3/b10-8-,11-9-,16-14-,17-15-,21-20-,24-23-,27-26-,48-46-. The Kier molecular flexibility index (Phi) is 54.4. The van der Waals surface area contributed by atoms with Gasteiger partial charge in [-0.2, -0.15) is 0 Å². The Balaban J connectivity index is 3.93. The maximum Gasteiger partial charge on any atom is 0.306 e. The van der Waals surface area contributed by atoms with Gasteiger partial charge in [0.2, 0.25) is 0 Å². The van der Waals surface area contributed by atoms with Crippen LogP contribution in [0.15, 0.2) is 97.2 Å². The van der Waals surface area contributed by atoms with Crippen LogP contribution in [0.2, 0.25) is 0 Å². The highest BCUT2D eigenvalue weighted by Crippen LogP contribution is 2.38. The third-order valence-electron chi connectivity index (χ3n) is 13.1. The van der Waals surface area contributed by atoms with Gasteiger partial charge in [-0.1, -0.05) is 252 Å². The van der Waals surface area contributed by atoms with Crippen molar-refractivity contribution in [1.82, 2.24) is 0 Å². The van der Waals surface area contributed by atoms with E-state index in [4.69, 9.17) is 18.5 Å². The van der Waals surface area contributed by atoms with E-state index in [2.05, 4.69) is 111 Å². The predicted octanol–water partition coefficient (Wildman–Crippen LogP) is 19.0. The second kappa shape index (κ2) is 56.6. The molecule has 0 amide bonds. The van der Waals surface area contributed by atoms with Gasteiger partial charge in [0.15, 0.2) is 6.10 Å². The summed E-state index contributed by atoms with van der Waals surface area (Å²) in [6.45, 7) is 3.98. The van der Waals surface area contributed by atoms with E-state index in [0.717, 1.165) is 89.9 Å². The number of unbranched alkanes of at least 4 members (excludes halogenated alkanes) is 26. The Morgan fingerprint density at radius 3 is 1.07 bits per heavy atom. The fourth-order valence-corrected chi connectivity index (χ4v) is 9.13. The molecule has 0 fully saturated rings. The number of quaternary nitrogens is 1. The Bertz CT molecular complexity index is 1600. The van der Waals surface area contributed by atoms with Gasteiger partial charge in [0.05, 0.1) is 27.7 Å². The number of ether oxygens (including phenoxy) is 2. The zero-order chi connectivity index (χ0) is 55.6. The number of allylic oxidation sites excluding steroid dienone is 16. The average molecular weight is 1080 g/mol. The molecule has 0 radical (unpaired) electrons. The summed E-state index contributed by atoms with van der Waals surface area (Å²) >= 11 is 0. The van der Waals surface area contributed by atoms with Crippen molar-refractivity contribution < 1.29 is 42.1 Å². The van der Waals surface area contributed by atoms with Crippen molar-refractivity contribution in [1.29, 1.82) is 0 Å². The van der Waals surface area contributed by atoms with Crippen LogP contribution in [0.25, 0.3) is 0 Å². The first kappa shape index (κ1) is 72.9. The van der Waals surface area contributed by atoms with E-state index in [9.17, 15) is 19.0 Å². The molecule has 0 aromatic rings. The molecule has 0 saturated carbocycles. The average Bonchev–Trinajstić information content (AvgIpc) is 3.38. The first-order chi connectivity index (χ1) is 37.0. The van der Waals surface area contributed by atoms with Crippen LogP contribution in [-0.4, -0.2) is 70.0 Å². The van der Waals surface area contributed by atoms with Crippen molar-refractivity contribution in [3.8, 4) is 0 Å². The number of carbonyl (C=O) groups excluding carboxylic acids is 2. The molecule has 9 nitrogen and oxygen atoms in total. The van der Waals surface area contributed by atoms with E-state index in [1.54, 1.807) is 0 Å². The molecule has 0 rings (SSSR count). The van der Waals surface area contributed by atoms with Crippen LogP contribution in [0.3, 0.4) is 0 Å². The first-order valence-electron chi connectivity index (χ1n) is 30.9. The lowest BCUT2D eigenvalue weighted by atomic mass is 10.0. The Morgan fingerprint density at radius 2 is 0.711 bits per heavy atom. The minimum atomic E-state index is -4.64. The topological polar surface area (TPSA) is 111 Å². The molecule has 0 aliphatic heterocycles. The lowest BCUT2D eigenvalue weighted by molar-refractivity contribution is -0.870. The number of nitrogens with zero attached hydrogens (tertiary/aromatic N) is 1. The lowest BCUT2D eigenvalue weighted by Crippen LogP contribution is -2.37. The third-order valence-corrected chi connectivity index (χ3v) is 14.1. The second-order valence-corrected chi connectivity index (χ2v) is 23.1. The molecule has 0 aliphatic rings. The SMILES string of the molecule is CC/C=C\C/C=C\C/C=C\C/C=C\C/C=C\CCCCCCCCCCCCCCCCCCCCCCCCCC(=O)OC(COC(=O)CCCCC/C=C\C/C=C\C/C=C\CC)COP(=O)([O-])OCC[N+](C)(C)C. The highest BCUT2D eigenvalue weighted by Gasteiger charge is 2.22. The number of phosphoric acid groups is 1. The van der Waals surface area contributed by atoms with Gasteiger partial charge < -0.3 is 27.9 Å². The molecule has 0 N–H and O–H groups in total. The van der Waals surface area contributed by atoms with E-state index in [1.807, 2.05) is 21.1 Å². The normalized spacial score (nSPS) is 13.9. The van der Waals surface area contributed by atoms with E-state index in [0.29, 0.717) is 23.9 Å². The van der Waals surface area contributed by atoms with Crippen LogP contribution in [0.4, 0.5) is 0 Å². The number of rotatable bonds is 56. The van der Waals surface area contributed by atoms with Crippen LogP contribution in [0.1, 0.15) is 258 Å². The molecular weight excluding hydrogens is 966 g/mol. The Labute approximate surface area is 468 Å². The molecule has 0 bridgehead atoms. The molecule has 0 saturated heterocycles. The van der Waals surface area contributed by atoms with Crippen LogP contribution in [0, 0.1) is 0 Å². The third kappa shape index (κ3) is 60.2. The van der Waals surface area contributed by atoms with Crippen LogP contribution in [0.5, 0.6) is 0 Å². The molecule has 10 heteroatoms. The summed E-state index contributed by atoms with van der Waals surface area (Å²) in [6, 6.07) is 0. The van der Waals surface area contributed by atoms with Gasteiger partial charge >= 0.3 is 11.9 Å². The predicted molar refractivity (Wildman–Crippen MR) is 323 cm³/mol. The van der Waals surface area contributed by atoms with Crippen molar-refractivity contribution in [2.75, 3.05) is 47.5 Å². The second-order valence-electron chi connectivity index (χ2n) is 21.7. The highest BCUT2D eigenvalue weighted by molar-refractivity contribution is 7.45. The molecule has 0 heterocycles. The van der Waals surface area contributed by atoms with Crippen molar-refractivity contribution in [2.45, 2.75) is 264 Å². The molecule has 76 heavy (non-hydrogen) atoms. The summed E-state index contributed by atoms with van der Waals surface area (Å²) in [4.78, 5) is 37.8. The van der Waals surface area contributed by atoms with Gasteiger partial charge in [-0.05, 0) is 89.9 Å². The minimum absolute atomic E-state index is 0.0376. The fourth-order valence-electron chi connectivity index (χ4n) is 8.40. The van der Waals surface area contributed by atoms with Gasteiger partial charge in [0.25, 0.3) is 7.82 Å². The summed E-state index contributed by atoms with van der Waals surface area (Å²) in [6.07, 6.45) is 77.9. The van der Waals surface area contributed by atoms with E-state index >= 15 is 0 Å². The summed E-state index contributed by atoms with van der Waals surface area (Å²) in [7, 11) is 1.15. The van der Waals surface area contributed by atoms with Gasteiger partial charge in [0.1, 0.15) is 19.8 Å². The molecule has 438 valence electrons. The fraction of sp³-hybridized carbons (Fsp3) is 0.727. The molecular formula is C66H116NO8P. The number of carbonyl (C=O) groups is 2. The summed E-state index contributed by atoms with van der Waals surface area (Å²) in [5.74, 6) is -0.865. The quantitative estimate of drug-likeness (QED) is 0.0195. The Morgan fingerprint density at radius 1 is 0.408 bits per heavy atom. The van der Waals surface area contributed by atoms with E-state index < -0.39 is 32.5 Å². The van der Waals surface area contributed by atoms with Crippen LogP contribution >= 0.6 is 7.82 Å². The van der Waals surface area contributed by atoms with Crippen LogP contribution < -0.4 is 4.89 Å². The molecule has 0 aromatic carbocycles. The van der Waals surface area contributed by atoms with E-state index in [-0.39, 0.29) is 26.1 Å². The first-order valence-corrected chi connectivity index (χ1v) is 32.4. The molecule has 2 atom stereocenters. The summed E-state index contributed by atoms with van der Waals surface area (Å²) in [5, 5.41) is 0. The van der Waals surface area contributed by atoms with E-state index in [1.165, 1.54) is 128 Å². The number of hydrogen-bond acceptors (Lipinski definition) is 8. The largest absolute Gasteiger partial charge is 0.756 e. The van der Waals surface area contributed by atoms with Crippen molar-refractivity contribution in [3.63, 3.8) is 0 Å². The maximum absolute atomic E-state index is 12.8. The Hall–Kier alpha value is -3.07. The number of hydrogen-bond donors (Lipinski definition) is 0. The monoisotopic (exact) mass is 1080 g/mol. The van der Waals surface area contributed by atoms with Gasteiger partial charge in [-0.15, -0.1) is 0 Å². The number of phosphoric ester groups is 1. The molecule has 2 unspecified atom stereocenters. The molecule has 0 aromatic heterocycles. The summed E-state index contributed by atoms with van der Waals surface area (Å²) in [5.41, 5.74) is 0. The van der Waals surface area contributed by atoms with Crippen molar-refractivity contribution in [2.24, 2.45) is 0 Å². The van der Waals surface area contributed by atoms with Crippen molar-refractivity contribution in [3.05, 3.63) is 97.2 Å². The van der Waals surface area contributed by atoms with Gasteiger partial charge in [-0.3, -0.25) is 14.2 Å². The molecule has 0 aliphatic carbocycles. The summed E-state index contributed by atoms with van der Waals surface area (Å²) < 4.78 is 34.1. The van der Waals surface area contributed by atoms with Crippen molar-refractivity contribution >= 4 is 19.8 Å². The highest BCUT2D eigenvalue weighted by atomic mass is 31.2. The number of esters is 2. The maximum atomic E-state index is 12.8. The van der Waals surface area contributed by atoms with Crippen LogP contribution in [-0.2, 0) is 32.7 Å². The van der Waals surface area contributed by atoms with Gasteiger partial charge in [0, 0.05) is 12.8 Å². The smallest absolute Gasteiger partial charge is 0.306 e. The van der Waals surface area contributed by atoms with Gasteiger partial charge in [-0.25, -0.2) is 0 Å².